The Kier molecular flexibility index (Phi) is 3.42. The van der Waals surface area contributed by atoms with E-state index in [1.807, 2.05) is 0 Å². The third kappa shape index (κ3) is 2.78. The molecule has 21 heavy (non-hydrogen) atoms. The van der Waals surface area contributed by atoms with Gasteiger partial charge in [-0.1, -0.05) is 6.07 Å². The van der Waals surface area contributed by atoms with Crippen LogP contribution in [0.25, 0.3) is 5.65 Å². The van der Waals surface area contributed by atoms with Crippen LogP contribution in [0.15, 0.2) is 47.8 Å². The Labute approximate surface area is 119 Å². The lowest BCUT2D eigenvalue weighted by atomic mass is 10.4. The van der Waals surface area contributed by atoms with E-state index in [-0.39, 0.29) is 24.6 Å². The predicted molar refractivity (Wildman–Crippen MR) is 74.7 cm³/mol. The fraction of sp³-hybridized carbons (Fsp3) is 0.154. The molecule has 1 amide bonds. The molecular formula is C13H12N6O2. The average molecular weight is 284 g/mol. The molecule has 8 nitrogen and oxygen atoms in total. The minimum atomic E-state index is -0.266. The van der Waals surface area contributed by atoms with E-state index in [1.54, 1.807) is 24.4 Å². The molecule has 0 saturated heterocycles. The van der Waals surface area contributed by atoms with E-state index in [1.165, 1.54) is 27.7 Å². The number of hydrogen-bond donors (Lipinski definition) is 1. The molecule has 3 heterocycles. The van der Waals surface area contributed by atoms with Crippen LogP contribution < -0.4 is 11.0 Å². The van der Waals surface area contributed by atoms with Crippen molar-refractivity contribution in [1.82, 2.24) is 24.1 Å². The van der Waals surface area contributed by atoms with E-state index in [9.17, 15) is 9.59 Å². The molecule has 3 rings (SSSR count). The van der Waals surface area contributed by atoms with Crippen LogP contribution in [0.5, 0.6) is 0 Å². The van der Waals surface area contributed by atoms with E-state index < -0.39 is 0 Å². The molecule has 106 valence electrons. The molecule has 0 aliphatic rings. The Morgan fingerprint density at radius 3 is 2.95 bits per heavy atom. The molecule has 3 aromatic heterocycles. The summed E-state index contributed by atoms with van der Waals surface area (Å²) in [5, 5.41) is 6.75. The van der Waals surface area contributed by atoms with Crippen molar-refractivity contribution in [2.75, 3.05) is 5.32 Å². The quantitative estimate of drug-likeness (QED) is 0.744. The summed E-state index contributed by atoms with van der Waals surface area (Å²) in [7, 11) is 0. The van der Waals surface area contributed by atoms with Gasteiger partial charge in [-0.2, -0.15) is 0 Å². The van der Waals surface area contributed by atoms with E-state index >= 15 is 0 Å². The summed E-state index contributed by atoms with van der Waals surface area (Å²) in [6.07, 6.45) is 6.23. The smallest absolute Gasteiger partial charge is 0.309 e. The summed E-state index contributed by atoms with van der Waals surface area (Å²) < 4.78 is 2.70. The lowest BCUT2D eigenvalue weighted by Gasteiger charge is -2.02. The van der Waals surface area contributed by atoms with Crippen LogP contribution in [0.2, 0.25) is 0 Å². The molecule has 0 saturated carbocycles. The number of anilines is 1. The average Bonchev–Trinajstić information content (AvgIpc) is 2.83. The van der Waals surface area contributed by atoms with Gasteiger partial charge in [0.2, 0.25) is 5.91 Å². The van der Waals surface area contributed by atoms with E-state index in [4.69, 9.17) is 0 Å². The second-order valence-corrected chi connectivity index (χ2v) is 4.32. The van der Waals surface area contributed by atoms with Crippen molar-refractivity contribution >= 4 is 17.4 Å². The van der Waals surface area contributed by atoms with Gasteiger partial charge in [-0.15, -0.1) is 5.10 Å². The topological polar surface area (TPSA) is 94.2 Å². The summed E-state index contributed by atoms with van der Waals surface area (Å²) >= 11 is 0. The number of carbonyl (C=O) groups is 1. The van der Waals surface area contributed by atoms with Crippen molar-refractivity contribution in [3.8, 4) is 0 Å². The van der Waals surface area contributed by atoms with Gasteiger partial charge in [-0.25, -0.2) is 14.5 Å². The van der Waals surface area contributed by atoms with Gasteiger partial charge in [0.1, 0.15) is 0 Å². The van der Waals surface area contributed by atoms with Crippen LogP contribution in [0.4, 0.5) is 5.82 Å². The zero-order chi connectivity index (χ0) is 14.7. The normalized spacial score (nSPS) is 10.7. The third-order valence-electron chi connectivity index (χ3n) is 2.87. The molecule has 0 radical (unpaired) electrons. The van der Waals surface area contributed by atoms with E-state index in [0.717, 1.165) is 0 Å². The van der Waals surface area contributed by atoms with E-state index in [0.29, 0.717) is 11.5 Å². The minimum Gasteiger partial charge on any atom is -0.309 e. The van der Waals surface area contributed by atoms with Crippen molar-refractivity contribution in [2.45, 2.75) is 13.0 Å². The molecule has 1 N–H and O–H groups in total. The summed E-state index contributed by atoms with van der Waals surface area (Å²) in [5.74, 6) is 0.129. The molecule has 0 fully saturated rings. The third-order valence-corrected chi connectivity index (χ3v) is 2.87. The van der Waals surface area contributed by atoms with E-state index in [2.05, 4.69) is 20.4 Å². The van der Waals surface area contributed by atoms with Gasteiger partial charge in [0.15, 0.2) is 11.5 Å². The van der Waals surface area contributed by atoms with Crippen molar-refractivity contribution in [2.24, 2.45) is 0 Å². The molecule has 0 aliphatic carbocycles. The van der Waals surface area contributed by atoms with Gasteiger partial charge >= 0.3 is 5.69 Å². The first kappa shape index (κ1) is 13.0. The molecule has 3 aromatic rings. The maximum atomic E-state index is 12.0. The number of amides is 1. The first-order valence-corrected chi connectivity index (χ1v) is 6.34. The Morgan fingerprint density at radius 2 is 2.19 bits per heavy atom. The van der Waals surface area contributed by atoms with Crippen LogP contribution in [-0.2, 0) is 11.3 Å². The van der Waals surface area contributed by atoms with Gasteiger partial charge in [-0.3, -0.25) is 14.2 Å². The fourth-order valence-electron chi connectivity index (χ4n) is 1.89. The number of rotatable bonds is 4. The number of carbonyl (C=O) groups excluding carboxylic acids is 1. The summed E-state index contributed by atoms with van der Waals surface area (Å²) in [6, 6.07) is 5.28. The monoisotopic (exact) mass is 284 g/mol. The predicted octanol–water partition coefficient (Wildman–Crippen LogP) is 0.315. The van der Waals surface area contributed by atoms with Gasteiger partial charge in [0.25, 0.3) is 0 Å². The van der Waals surface area contributed by atoms with Crippen LogP contribution >= 0.6 is 0 Å². The number of pyridine rings is 1. The SMILES string of the molecule is O=C(CCn1nc2ccccn2c1=O)Nc1cnccn1. The highest BCUT2D eigenvalue weighted by molar-refractivity contribution is 5.89. The van der Waals surface area contributed by atoms with Crippen LogP contribution in [0.1, 0.15) is 6.42 Å². The van der Waals surface area contributed by atoms with Crippen LogP contribution in [0.3, 0.4) is 0 Å². The highest BCUT2D eigenvalue weighted by Gasteiger charge is 2.08. The lowest BCUT2D eigenvalue weighted by molar-refractivity contribution is -0.116. The Hall–Kier alpha value is -3.03. The summed E-state index contributed by atoms with van der Waals surface area (Å²) in [4.78, 5) is 31.6. The van der Waals surface area contributed by atoms with Gasteiger partial charge in [0.05, 0.1) is 12.7 Å². The number of nitrogens with zero attached hydrogens (tertiary/aromatic N) is 5. The Morgan fingerprint density at radius 1 is 1.29 bits per heavy atom. The molecule has 0 bridgehead atoms. The fourth-order valence-corrected chi connectivity index (χ4v) is 1.89. The van der Waals surface area contributed by atoms with Gasteiger partial charge in [-0.05, 0) is 12.1 Å². The Balaban J connectivity index is 1.68. The lowest BCUT2D eigenvalue weighted by Crippen LogP contribution is -2.24. The number of aryl methyl sites for hydroxylation is 1. The number of fused-ring (bicyclic) bond motifs is 1. The number of aromatic nitrogens is 5. The standard InChI is InChI=1S/C13H12N6O2/c20-12(16-10-9-14-5-6-15-10)4-8-19-13(21)18-7-2-1-3-11(18)17-19/h1-3,5-7,9H,4,8H2,(H,15,16,20). The van der Waals surface area contributed by atoms with Gasteiger partial charge in [0, 0.05) is 25.0 Å². The maximum Gasteiger partial charge on any atom is 0.350 e. The molecule has 8 heteroatoms. The number of hydrogen-bond acceptors (Lipinski definition) is 5. The maximum absolute atomic E-state index is 12.0. The van der Waals surface area contributed by atoms with Gasteiger partial charge < -0.3 is 5.32 Å². The van der Waals surface area contributed by atoms with Crippen molar-refractivity contribution in [1.29, 1.82) is 0 Å². The second kappa shape index (κ2) is 5.53. The highest BCUT2D eigenvalue weighted by Crippen LogP contribution is 2.00. The largest absolute Gasteiger partial charge is 0.350 e. The van der Waals surface area contributed by atoms with Crippen molar-refractivity contribution in [3.63, 3.8) is 0 Å². The molecule has 0 aliphatic heterocycles. The molecule has 0 unspecified atom stereocenters. The number of nitrogens with one attached hydrogen (secondary N) is 1. The van der Waals surface area contributed by atoms with Crippen molar-refractivity contribution in [3.05, 3.63) is 53.5 Å². The molecule has 0 spiro atoms. The first-order chi connectivity index (χ1) is 10.2. The molecular weight excluding hydrogens is 272 g/mol. The minimum absolute atomic E-state index is 0.125. The summed E-state index contributed by atoms with van der Waals surface area (Å²) in [5.41, 5.74) is 0.287. The zero-order valence-electron chi connectivity index (χ0n) is 11.0. The first-order valence-electron chi connectivity index (χ1n) is 6.34. The highest BCUT2D eigenvalue weighted by atomic mass is 16.2. The van der Waals surface area contributed by atoms with Crippen molar-refractivity contribution < 1.29 is 4.79 Å². The molecule has 0 atom stereocenters. The second-order valence-electron chi connectivity index (χ2n) is 4.32. The molecule has 0 aromatic carbocycles. The zero-order valence-corrected chi connectivity index (χ0v) is 11.0. The summed E-state index contributed by atoms with van der Waals surface area (Å²) in [6.45, 7) is 0.201. The Bertz CT molecular complexity index is 823. The van der Waals surface area contributed by atoms with Crippen LogP contribution in [-0.4, -0.2) is 30.1 Å². The van der Waals surface area contributed by atoms with Crippen LogP contribution in [0, 0.1) is 0 Å².